The van der Waals surface area contributed by atoms with E-state index in [1.165, 1.54) is 0 Å². The molecule has 0 amide bonds. The molecule has 44 heavy (non-hydrogen) atoms. The Bertz CT molecular complexity index is 3100. The maximum absolute atomic E-state index is 11.1. The van der Waals surface area contributed by atoms with Crippen LogP contribution in [-0.2, 0) is 0 Å². The van der Waals surface area contributed by atoms with Crippen LogP contribution in [0.3, 0.4) is 0 Å². The standard InChI is InChI=1S/C42H26O2/c43-37-19-10-13-27-21-22-28(23-35(27)37)40-30-14-4-6-16-32(30)41(33-17-7-5-15-31(33)40)29-24-36(26-11-2-1-3-12-26)42-34-18-8-9-20-38(34)44-39(42)25-29/h1-25,43H/i1D,2D,3D,10D,11D,12D,13D,19D,21D,22D,23D. The largest absolute Gasteiger partial charge is 0.507 e. The van der Waals surface area contributed by atoms with E-state index < -0.39 is 48.0 Å². The third-order valence-corrected chi connectivity index (χ3v) is 8.14. The quantitative estimate of drug-likeness (QED) is 0.213. The van der Waals surface area contributed by atoms with E-state index >= 15 is 0 Å². The zero-order valence-electron chi connectivity index (χ0n) is 33.9. The summed E-state index contributed by atoms with van der Waals surface area (Å²) in [6, 6.07) is 20.5. The number of furan rings is 1. The maximum atomic E-state index is 11.1. The lowest BCUT2D eigenvalue weighted by Gasteiger charge is -2.19. The van der Waals surface area contributed by atoms with Gasteiger partial charge in [-0.1, -0.05) is 121 Å². The molecule has 8 aromatic carbocycles. The summed E-state index contributed by atoms with van der Waals surface area (Å²) in [5, 5.41) is 14.4. The van der Waals surface area contributed by atoms with Crippen molar-refractivity contribution in [1.82, 2.24) is 0 Å². The van der Waals surface area contributed by atoms with Crippen LogP contribution in [0.4, 0.5) is 0 Å². The lowest BCUT2D eigenvalue weighted by molar-refractivity contribution is 0.481. The Morgan fingerprint density at radius 3 is 1.84 bits per heavy atom. The molecule has 0 fully saturated rings. The molecule has 1 heterocycles. The van der Waals surface area contributed by atoms with E-state index in [0.29, 0.717) is 65.7 Å². The van der Waals surface area contributed by atoms with Crippen molar-refractivity contribution in [1.29, 1.82) is 0 Å². The summed E-state index contributed by atoms with van der Waals surface area (Å²) in [6.07, 6.45) is 0. The second kappa shape index (κ2) is 9.58. The number of phenols is 1. The number of aromatic hydroxyl groups is 1. The fourth-order valence-corrected chi connectivity index (χ4v) is 6.31. The van der Waals surface area contributed by atoms with Crippen LogP contribution < -0.4 is 0 Å². The number of hydrogen-bond donors (Lipinski definition) is 1. The van der Waals surface area contributed by atoms with Crippen LogP contribution in [0.1, 0.15) is 15.1 Å². The average Bonchev–Trinajstić information content (AvgIpc) is 3.57. The maximum Gasteiger partial charge on any atom is 0.136 e. The van der Waals surface area contributed by atoms with E-state index in [4.69, 9.17) is 16.8 Å². The van der Waals surface area contributed by atoms with Gasteiger partial charge in [-0.3, -0.25) is 0 Å². The van der Waals surface area contributed by atoms with Gasteiger partial charge in [-0.15, -0.1) is 0 Å². The van der Waals surface area contributed by atoms with Crippen LogP contribution in [0, 0.1) is 0 Å². The van der Waals surface area contributed by atoms with Gasteiger partial charge in [0.15, 0.2) is 0 Å². The van der Waals surface area contributed by atoms with E-state index in [2.05, 4.69) is 0 Å². The van der Waals surface area contributed by atoms with Crippen molar-refractivity contribution in [2.24, 2.45) is 0 Å². The number of fused-ring (bicyclic) bond motifs is 6. The number of rotatable bonds is 3. The Morgan fingerprint density at radius 2 is 1.14 bits per heavy atom. The predicted molar refractivity (Wildman–Crippen MR) is 184 cm³/mol. The van der Waals surface area contributed by atoms with Crippen molar-refractivity contribution in [3.63, 3.8) is 0 Å². The zero-order valence-corrected chi connectivity index (χ0v) is 22.9. The average molecular weight is 574 g/mol. The summed E-state index contributed by atoms with van der Waals surface area (Å²) < 4.78 is 102. The molecule has 0 aliphatic rings. The Balaban J connectivity index is 1.45. The lowest BCUT2D eigenvalue weighted by atomic mass is 9.84. The van der Waals surface area contributed by atoms with Gasteiger partial charge in [0.25, 0.3) is 0 Å². The van der Waals surface area contributed by atoms with Crippen LogP contribution in [0.25, 0.3) is 87.6 Å². The second-order valence-electron chi connectivity index (χ2n) is 10.6. The van der Waals surface area contributed by atoms with E-state index in [9.17, 15) is 7.85 Å². The highest BCUT2D eigenvalue weighted by molar-refractivity contribution is 6.23. The smallest absolute Gasteiger partial charge is 0.136 e. The normalized spacial score (nSPS) is 15.2. The Hall–Kier alpha value is -5.86. The molecular weight excluding hydrogens is 536 g/mol. The van der Waals surface area contributed by atoms with E-state index in [1.807, 2.05) is 60.7 Å². The lowest BCUT2D eigenvalue weighted by Crippen LogP contribution is -1.92. The first-order valence-corrected chi connectivity index (χ1v) is 14.0. The van der Waals surface area contributed by atoms with Crippen molar-refractivity contribution in [2.45, 2.75) is 0 Å². The molecule has 2 nitrogen and oxygen atoms in total. The van der Waals surface area contributed by atoms with Crippen LogP contribution in [0.2, 0.25) is 0 Å². The number of para-hydroxylation sites is 1. The Labute approximate surface area is 269 Å². The molecule has 1 N–H and O–H groups in total. The molecule has 206 valence electrons. The molecule has 0 saturated heterocycles. The highest BCUT2D eigenvalue weighted by Crippen LogP contribution is 2.47. The molecule has 0 bridgehead atoms. The van der Waals surface area contributed by atoms with Crippen molar-refractivity contribution in [2.75, 3.05) is 0 Å². The highest BCUT2D eigenvalue weighted by atomic mass is 16.3. The minimum atomic E-state index is -0.708. The van der Waals surface area contributed by atoms with Crippen molar-refractivity contribution in [3.8, 4) is 39.1 Å². The van der Waals surface area contributed by atoms with Gasteiger partial charge in [0, 0.05) is 16.2 Å². The summed E-state index contributed by atoms with van der Waals surface area (Å²) in [6.45, 7) is 0. The monoisotopic (exact) mass is 573 g/mol. The summed E-state index contributed by atoms with van der Waals surface area (Å²) in [4.78, 5) is 0. The van der Waals surface area contributed by atoms with E-state index in [1.54, 1.807) is 24.3 Å². The molecule has 0 aliphatic heterocycles. The molecule has 9 rings (SSSR count). The summed E-state index contributed by atoms with van der Waals surface area (Å²) in [5.41, 5.74) is 3.10. The highest BCUT2D eigenvalue weighted by Gasteiger charge is 2.20. The Morgan fingerprint density at radius 1 is 0.500 bits per heavy atom. The van der Waals surface area contributed by atoms with Gasteiger partial charge in [-0.05, 0) is 90.6 Å². The van der Waals surface area contributed by atoms with E-state index in [-0.39, 0.29) is 46.1 Å². The van der Waals surface area contributed by atoms with Crippen LogP contribution in [0.15, 0.2) is 156 Å². The van der Waals surface area contributed by atoms with Gasteiger partial charge in [-0.2, -0.15) is 0 Å². The number of benzene rings is 8. The summed E-state index contributed by atoms with van der Waals surface area (Å²) in [7, 11) is 0. The fourth-order valence-electron chi connectivity index (χ4n) is 6.31. The molecular formula is C42H26O2. The van der Waals surface area contributed by atoms with Gasteiger partial charge in [0.2, 0.25) is 0 Å². The molecule has 0 spiro atoms. The van der Waals surface area contributed by atoms with Crippen LogP contribution in [0.5, 0.6) is 5.75 Å². The van der Waals surface area contributed by atoms with Crippen LogP contribution >= 0.6 is 0 Å². The molecule has 0 radical (unpaired) electrons. The molecule has 0 aliphatic carbocycles. The SMILES string of the molecule is [2H]c1c([2H])c([2H])c(-c2cc(-c3c4ccccc4c(-c4c([2H])c([2H])c5c([2H])c([2H])c([2H])c(O)c5c4[2H])c4ccccc34)cc3oc4ccccc4c23)c([2H])c1[2H]. The third kappa shape index (κ3) is 3.68. The first-order valence-electron chi connectivity index (χ1n) is 19.5. The van der Waals surface area contributed by atoms with Gasteiger partial charge in [0.05, 0.1) is 15.1 Å². The summed E-state index contributed by atoms with van der Waals surface area (Å²) in [5.74, 6) is -0.708. The van der Waals surface area contributed by atoms with Crippen molar-refractivity contribution in [3.05, 3.63) is 151 Å². The van der Waals surface area contributed by atoms with Crippen molar-refractivity contribution >= 4 is 54.3 Å². The van der Waals surface area contributed by atoms with Crippen molar-refractivity contribution < 1.29 is 24.6 Å². The third-order valence-electron chi connectivity index (χ3n) is 8.14. The first kappa shape index (κ1) is 16.1. The molecule has 0 saturated carbocycles. The Kier molecular flexibility index (Phi) is 3.51. The first-order chi connectivity index (χ1) is 26.3. The van der Waals surface area contributed by atoms with Gasteiger partial charge < -0.3 is 9.52 Å². The topological polar surface area (TPSA) is 33.4 Å². The molecule has 1 aromatic heterocycles. The minimum absolute atomic E-state index is 0.0100. The van der Waals surface area contributed by atoms with Crippen LogP contribution in [-0.4, -0.2) is 5.11 Å². The molecule has 0 atom stereocenters. The number of hydrogen-bond acceptors (Lipinski definition) is 2. The molecule has 0 unspecified atom stereocenters. The number of phenolic OH excluding ortho intramolecular Hbond substituents is 1. The zero-order chi connectivity index (χ0) is 38.8. The predicted octanol–water partition coefficient (Wildman–Crippen LogP) is 11.8. The van der Waals surface area contributed by atoms with Gasteiger partial charge in [0.1, 0.15) is 16.9 Å². The van der Waals surface area contributed by atoms with Gasteiger partial charge in [-0.25, -0.2) is 0 Å². The molecule has 2 heteroatoms. The second-order valence-corrected chi connectivity index (χ2v) is 10.6. The molecule has 9 aromatic rings. The van der Waals surface area contributed by atoms with E-state index in [0.717, 1.165) is 0 Å². The summed E-state index contributed by atoms with van der Waals surface area (Å²) >= 11 is 0. The minimum Gasteiger partial charge on any atom is -0.507 e. The van der Waals surface area contributed by atoms with Gasteiger partial charge >= 0.3 is 0 Å². The fraction of sp³-hybridized carbons (Fsp3) is 0.